The topological polar surface area (TPSA) is 146 Å². The van der Waals surface area contributed by atoms with Crippen LogP contribution < -0.4 is 10.3 Å². The van der Waals surface area contributed by atoms with Crippen LogP contribution in [0.1, 0.15) is 12.5 Å². The fourth-order valence-electron chi connectivity index (χ4n) is 3.49. The molecule has 1 aliphatic carbocycles. The third kappa shape index (κ3) is 3.95. The summed E-state index contributed by atoms with van der Waals surface area (Å²) in [5.74, 6) is -1.51. The first-order chi connectivity index (χ1) is 13.9. The summed E-state index contributed by atoms with van der Waals surface area (Å²) in [5, 5.41) is 9.59. The lowest BCUT2D eigenvalue weighted by molar-refractivity contribution is -0.00484. The molecule has 0 spiro atoms. The van der Waals surface area contributed by atoms with Gasteiger partial charge >= 0.3 is 7.82 Å². The molecule has 1 unspecified atom stereocenters. The van der Waals surface area contributed by atoms with E-state index >= 15 is 0 Å². The fourth-order valence-corrected chi connectivity index (χ4v) is 4.30. The molecule has 12 heteroatoms. The molecule has 4 atom stereocenters. The van der Waals surface area contributed by atoms with Crippen molar-refractivity contribution >= 4 is 24.9 Å². The third-order valence-corrected chi connectivity index (χ3v) is 5.95. The van der Waals surface area contributed by atoms with Crippen LogP contribution in [0, 0.1) is 17.7 Å². The average molecular weight is 423 g/mol. The molecule has 3 aromatic rings. The Morgan fingerprint density at radius 2 is 2.14 bits per heavy atom. The van der Waals surface area contributed by atoms with Crippen molar-refractivity contribution in [1.29, 1.82) is 0 Å². The minimum absolute atomic E-state index is 0.100. The lowest BCUT2D eigenvalue weighted by Crippen LogP contribution is -2.43. The number of nitrogen functional groups attached to an aromatic ring is 1. The molecule has 1 saturated carbocycles. The molecule has 2 aromatic heterocycles. The molecule has 0 radical (unpaired) electrons. The molecule has 1 aromatic carbocycles. The molecule has 1 aliphatic rings. The van der Waals surface area contributed by atoms with Crippen LogP contribution in [0.3, 0.4) is 0 Å². The molecule has 29 heavy (non-hydrogen) atoms. The second-order valence-corrected chi connectivity index (χ2v) is 8.16. The number of aliphatic hydroxyl groups is 1. The van der Waals surface area contributed by atoms with Gasteiger partial charge in [0.1, 0.15) is 5.52 Å². The molecule has 2 heterocycles. The van der Waals surface area contributed by atoms with Crippen molar-refractivity contribution in [2.24, 2.45) is 11.8 Å². The number of aromatic nitrogens is 4. The normalized spacial score (nSPS) is 23.5. The van der Waals surface area contributed by atoms with Crippen molar-refractivity contribution in [1.82, 2.24) is 19.5 Å². The van der Waals surface area contributed by atoms with E-state index in [1.807, 2.05) is 0 Å². The smallest absolute Gasteiger partial charge is 0.401 e. The SMILES string of the molecule is Nc1ncc2ncn([C@@H]3C[C@H](CO)[C@H]3COP(=O)(O)Oc3ccccc3F)c2n1. The van der Waals surface area contributed by atoms with Gasteiger partial charge in [0.05, 0.1) is 19.1 Å². The van der Waals surface area contributed by atoms with Gasteiger partial charge in [-0.05, 0) is 24.5 Å². The van der Waals surface area contributed by atoms with E-state index in [1.165, 1.54) is 24.4 Å². The van der Waals surface area contributed by atoms with Crippen LogP contribution in [0.2, 0.25) is 0 Å². The van der Waals surface area contributed by atoms with Crippen molar-refractivity contribution in [3.8, 4) is 5.75 Å². The van der Waals surface area contributed by atoms with E-state index < -0.39 is 13.6 Å². The van der Waals surface area contributed by atoms with Crippen molar-refractivity contribution in [2.75, 3.05) is 18.9 Å². The van der Waals surface area contributed by atoms with Gasteiger partial charge in [0, 0.05) is 18.6 Å². The first-order valence-electron chi connectivity index (χ1n) is 8.85. The van der Waals surface area contributed by atoms with Crippen LogP contribution >= 0.6 is 7.82 Å². The Hall–Kier alpha value is -2.59. The van der Waals surface area contributed by atoms with E-state index in [0.717, 1.165) is 6.07 Å². The number of phosphoric ester groups is 1. The fraction of sp³-hybridized carbons (Fsp3) is 0.353. The number of fused-ring (bicyclic) bond motifs is 1. The van der Waals surface area contributed by atoms with Gasteiger partial charge in [-0.3, -0.25) is 9.42 Å². The van der Waals surface area contributed by atoms with Crippen LogP contribution in [0.5, 0.6) is 5.75 Å². The molecular formula is C17H19FN5O5P. The summed E-state index contributed by atoms with van der Waals surface area (Å²) in [6.45, 7) is -0.295. The zero-order valence-corrected chi connectivity index (χ0v) is 16.0. The largest absolute Gasteiger partial charge is 0.527 e. The Kier molecular flexibility index (Phi) is 5.22. The summed E-state index contributed by atoms with van der Waals surface area (Å²) in [5.41, 5.74) is 6.74. The second kappa shape index (κ2) is 7.68. The Morgan fingerprint density at radius 1 is 1.34 bits per heavy atom. The lowest BCUT2D eigenvalue weighted by atomic mass is 9.70. The number of nitrogens with two attached hydrogens (primary N) is 1. The number of imidazole rings is 1. The highest BCUT2D eigenvalue weighted by Gasteiger charge is 2.44. The standard InChI is InChI=1S/C17H19FN5O5P/c18-12-3-1-2-4-15(12)28-29(25,26)27-8-11-10(7-24)5-14(11)23-9-21-13-6-20-17(19)22-16(13)23/h1-4,6,9-11,14,24H,5,7-8H2,(H,25,26)(H2,19,20,22)/t10-,11-,14-/m1/s1. The van der Waals surface area contributed by atoms with Gasteiger partial charge in [0.25, 0.3) is 0 Å². The van der Waals surface area contributed by atoms with Gasteiger partial charge in [-0.2, -0.15) is 4.98 Å². The maximum Gasteiger partial charge on any atom is 0.527 e. The summed E-state index contributed by atoms with van der Waals surface area (Å²) in [6.07, 6.45) is 3.69. The summed E-state index contributed by atoms with van der Waals surface area (Å²) in [7, 11) is -4.56. The zero-order valence-electron chi connectivity index (χ0n) is 15.1. The van der Waals surface area contributed by atoms with Gasteiger partial charge in [0.2, 0.25) is 5.95 Å². The number of phosphoric acid groups is 1. The molecule has 0 aliphatic heterocycles. The van der Waals surface area contributed by atoms with Crippen molar-refractivity contribution in [3.05, 3.63) is 42.6 Å². The molecule has 0 bridgehead atoms. The molecule has 10 nitrogen and oxygen atoms in total. The predicted octanol–water partition coefficient (Wildman–Crippen LogP) is 1.91. The van der Waals surface area contributed by atoms with E-state index in [-0.39, 0.29) is 42.8 Å². The van der Waals surface area contributed by atoms with Gasteiger partial charge in [-0.1, -0.05) is 12.1 Å². The molecule has 4 rings (SSSR count). The van der Waals surface area contributed by atoms with Crippen LogP contribution in [0.15, 0.2) is 36.8 Å². The van der Waals surface area contributed by atoms with Crippen LogP contribution in [-0.4, -0.2) is 42.7 Å². The average Bonchev–Trinajstić information content (AvgIpc) is 3.06. The maximum atomic E-state index is 13.7. The highest BCUT2D eigenvalue weighted by atomic mass is 31.2. The number of halogens is 1. The number of nitrogens with zero attached hydrogens (tertiary/aromatic N) is 4. The number of para-hydroxylation sites is 1. The summed E-state index contributed by atoms with van der Waals surface area (Å²) < 4.78 is 37.6. The van der Waals surface area contributed by atoms with E-state index in [0.29, 0.717) is 17.6 Å². The van der Waals surface area contributed by atoms with Crippen LogP contribution in [-0.2, 0) is 9.09 Å². The van der Waals surface area contributed by atoms with Gasteiger partial charge in [-0.25, -0.2) is 18.9 Å². The van der Waals surface area contributed by atoms with Crippen LogP contribution in [0.25, 0.3) is 11.2 Å². The number of hydrogen-bond donors (Lipinski definition) is 3. The molecule has 0 saturated heterocycles. The monoisotopic (exact) mass is 423 g/mol. The van der Waals surface area contributed by atoms with E-state index in [9.17, 15) is 19.0 Å². The maximum absolute atomic E-state index is 13.7. The second-order valence-electron chi connectivity index (χ2n) is 6.78. The molecule has 154 valence electrons. The number of anilines is 1. The number of rotatable bonds is 7. The first kappa shape index (κ1) is 19.7. The van der Waals surface area contributed by atoms with E-state index in [2.05, 4.69) is 15.0 Å². The summed E-state index contributed by atoms with van der Waals surface area (Å²) in [6, 6.07) is 5.06. The lowest BCUT2D eigenvalue weighted by Gasteiger charge is -2.44. The molecule has 0 amide bonds. The molecule has 1 fully saturated rings. The number of hydrogen-bond acceptors (Lipinski definition) is 8. The van der Waals surface area contributed by atoms with Crippen molar-refractivity contribution in [3.63, 3.8) is 0 Å². The third-order valence-electron chi connectivity index (χ3n) is 5.05. The van der Waals surface area contributed by atoms with Crippen molar-refractivity contribution in [2.45, 2.75) is 12.5 Å². The summed E-state index contributed by atoms with van der Waals surface area (Å²) >= 11 is 0. The van der Waals surface area contributed by atoms with Gasteiger partial charge < -0.3 is 19.9 Å². The number of benzene rings is 1. The van der Waals surface area contributed by atoms with Crippen molar-refractivity contribution < 1.29 is 28.0 Å². The highest BCUT2D eigenvalue weighted by Crippen LogP contribution is 2.50. The Balaban J connectivity index is 1.49. The highest BCUT2D eigenvalue weighted by molar-refractivity contribution is 7.47. The minimum Gasteiger partial charge on any atom is -0.401 e. The quantitative estimate of drug-likeness (QED) is 0.485. The van der Waals surface area contributed by atoms with Gasteiger partial charge in [-0.15, -0.1) is 0 Å². The summed E-state index contributed by atoms with van der Waals surface area (Å²) in [4.78, 5) is 22.3. The first-order valence-corrected chi connectivity index (χ1v) is 10.3. The predicted molar refractivity (Wildman–Crippen MR) is 100 cm³/mol. The van der Waals surface area contributed by atoms with E-state index in [4.69, 9.17) is 14.8 Å². The van der Waals surface area contributed by atoms with Gasteiger partial charge in [0.15, 0.2) is 17.2 Å². The Labute approximate surface area is 164 Å². The zero-order chi connectivity index (χ0) is 20.6. The molecule has 4 N–H and O–H groups in total. The van der Waals surface area contributed by atoms with E-state index in [1.54, 1.807) is 10.9 Å². The number of aliphatic hydroxyl groups excluding tert-OH is 1. The van der Waals surface area contributed by atoms with Crippen LogP contribution in [0.4, 0.5) is 10.3 Å². The molecular weight excluding hydrogens is 404 g/mol. The Bertz CT molecular complexity index is 1080. The minimum atomic E-state index is -4.56. The Morgan fingerprint density at radius 3 is 2.90 bits per heavy atom.